The molecule has 0 saturated heterocycles. The molecular formula is C29H40N4O5. The first-order valence-electron chi connectivity index (χ1n) is 12.9. The van der Waals surface area contributed by atoms with E-state index in [1.54, 1.807) is 20.8 Å². The summed E-state index contributed by atoms with van der Waals surface area (Å²) in [6.07, 6.45) is -0.381. The average Bonchev–Trinajstić information content (AvgIpc) is 2.85. The number of nitrogens with one attached hydrogen (secondary N) is 2. The number of ether oxygens (including phenoxy) is 1. The highest BCUT2D eigenvalue weighted by Gasteiger charge is 2.36. The van der Waals surface area contributed by atoms with Gasteiger partial charge in [0.2, 0.25) is 17.7 Å². The fourth-order valence-electron chi connectivity index (χ4n) is 3.90. The maximum Gasteiger partial charge on any atom is 0.408 e. The third-order valence-electron chi connectivity index (χ3n) is 5.68. The molecule has 0 aliphatic rings. The third kappa shape index (κ3) is 9.88. The molecule has 2 unspecified atom stereocenters. The average molecular weight is 525 g/mol. The van der Waals surface area contributed by atoms with Gasteiger partial charge in [-0.3, -0.25) is 14.4 Å². The third-order valence-corrected chi connectivity index (χ3v) is 5.68. The van der Waals surface area contributed by atoms with Gasteiger partial charge in [0.25, 0.3) is 0 Å². The molecule has 2 atom stereocenters. The predicted molar refractivity (Wildman–Crippen MR) is 146 cm³/mol. The van der Waals surface area contributed by atoms with Crippen molar-refractivity contribution in [2.75, 3.05) is 6.54 Å². The number of nitrogens with two attached hydrogens (primary N) is 1. The van der Waals surface area contributed by atoms with Gasteiger partial charge in [0.05, 0.1) is 0 Å². The Bertz CT molecular complexity index is 1080. The summed E-state index contributed by atoms with van der Waals surface area (Å²) in [5.74, 6) is -1.46. The van der Waals surface area contributed by atoms with Crippen molar-refractivity contribution in [3.8, 4) is 0 Å². The maximum absolute atomic E-state index is 13.9. The standard InChI is InChI=1S/C29H40N4O5/c1-6-18-33(27(36)23(16-17-24(30)34)32-28(37)38-29(3,4)5)25(22-14-12-20(2)13-15-22)26(35)31-19-21-10-8-7-9-11-21/h7-15,23,25H,6,16-19H2,1-5H3,(H2,30,34)(H,31,35)(H,32,37). The molecular weight excluding hydrogens is 484 g/mol. The van der Waals surface area contributed by atoms with E-state index in [2.05, 4.69) is 10.6 Å². The zero-order chi connectivity index (χ0) is 28.3. The second kappa shape index (κ2) is 14.2. The molecule has 4 amide bonds. The van der Waals surface area contributed by atoms with Crippen molar-refractivity contribution >= 4 is 23.8 Å². The van der Waals surface area contributed by atoms with Crippen LogP contribution in [-0.4, -0.2) is 46.9 Å². The van der Waals surface area contributed by atoms with Crippen molar-refractivity contribution in [3.63, 3.8) is 0 Å². The lowest BCUT2D eigenvalue weighted by Crippen LogP contribution is -2.53. The van der Waals surface area contributed by atoms with Crippen LogP contribution in [0.3, 0.4) is 0 Å². The van der Waals surface area contributed by atoms with Crippen molar-refractivity contribution in [1.29, 1.82) is 0 Å². The topological polar surface area (TPSA) is 131 Å². The molecule has 38 heavy (non-hydrogen) atoms. The quantitative estimate of drug-likeness (QED) is 0.389. The zero-order valence-electron chi connectivity index (χ0n) is 23.0. The molecule has 0 fully saturated rings. The Hall–Kier alpha value is -3.88. The Morgan fingerprint density at radius 3 is 2.18 bits per heavy atom. The molecule has 0 aromatic heterocycles. The van der Waals surface area contributed by atoms with Gasteiger partial charge in [-0.25, -0.2) is 4.79 Å². The van der Waals surface area contributed by atoms with Gasteiger partial charge in [-0.05, 0) is 51.7 Å². The van der Waals surface area contributed by atoms with E-state index in [1.165, 1.54) is 4.90 Å². The molecule has 0 radical (unpaired) electrons. The normalized spacial score (nSPS) is 12.7. The van der Waals surface area contributed by atoms with Crippen molar-refractivity contribution in [2.45, 2.75) is 78.1 Å². The number of alkyl carbamates (subject to hydrolysis) is 1. The lowest BCUT2D eigenvalue weighted by molar-refractivity contribution is -0.142. The van der Waals surface area contributed by atoms with Crippen LogP contribution >= 0.6 is 0 Å². The maximum atomic E-state index is 13.9. The summed E-state index contributed by atoms with van der Waals surface area (Å²) in [7, 11) is 0. The van der Waals surface area contributed by atoms with Gasteiger partial charge in [0.1, 0.15) is 17.7 Å². The smallest absolute Gasteiger partial charge is 0.408 e. The molecule has 206 valence electrons. The molecule has 0 spiro atoms. The van der Waals surface area contributed by atoms with E-state index in [4.69, 9.17) is 10.5 Å². The molecule has 0 aliphatic carbocycles. The number of carbonyl (C=O) groups is 4. The van der Waals surface area contributed by atoms with Crippen molar-refractivity contribution in [3.05, 3.63) is 71.3 Å². The molecule has 0 heterocycles. The summed E-state index contributed by atoms with van der Waals surface area (Å²) in [6, 6.07) is 14.8. The van der Waals surface area contributed by atoms with Crippen LogP contribution in [0.5, 0.6) is 0 Å². The highest BCUT2D eigenvalue weighted by Crippen LogP contribution is 2.24. The van der Waals surface area contributed by atoms with Crippen LogP contribution in [0.25, 0.3) is 0 Å². The van der Waals surface area contributed by atoms with Gasteiger partial charge in [-0.1, -0.05) is 67.1 Å². The first kappa shape index (κ1) is 30.3. The van der Waals surface area contributed by atoms with E-state index in [9.17, 15) is 19.2 Å². The lowest BCUT2D eigenvalue weighted by Gasteiger charge is -2.34. The molecule has 2 rings (SSSR count). The van der Waals surface area contributed by atoms with E-state index in [-0.39, 0.29) is 31.8 Å². The number of primary amides is 1. The highest BCUT2D eigenvalue weighted by molar-refractivity contribution is 5.92. The summed E-state index contributed by atoms with van der Waals surface area (Å²) < 4.78 is 5.34. The first-order chi connectivity index (χ1) is 17.9. The lowest BCUT2D eigenvalue weighted by atomic mass is 10.00. The molecule has 9 nitrogen and oxygen atoms in total. The Kier molecular flexibility index (Phi) is 11.3. The summed E-state index contributed by atoms with van der Waals surface area (Å²) >= 11 is 0. The van der Waals surface area contributed by atoms with E-state index in [0.29, 0.717) is 12.0 Å². The summed E-state index contributed by atoms with van der Waals surface area (Å²) in [5, 5.41) is 5.54. The summed E-state index contributed by atoms with van der Waals surface area (Å²) in [5.41, 5.74) is 7.12. The van der Waals surface area contributed by atoms with Gasteiger partial charge in [0.15, 0.2) is 0 Å². The molecule has 2 aromatic rings. The second-order valence-corrected chi connectivity index (χ2v) is 10.3. The molecule has 0 bridgehead atoms. The first-order valence-corrected chi connectivity index (χ1v) is 12.9. The zero-order valence-corrected chi connectivity index (χ0v) is 23.0. The fourth-order valence-corrected chi connectivity index (χ4v) is 3.90. The molecule has 0 saturated carbocycles. The van der Waals surface area contributed by atoms with E-state index in [0.717, 1.165) is 11.1 Å². The number of hydrogen-bond donors (Lipinski definition) is 3. The van der Waals surface area contributed by atoms with Crippen LogP contribution in [0, 0.1) is 6.92 Å². The number of nitrogens with zero attached hydrogens (tertiary/aromatic N) is 1. The van der Waals surface area contributed by atoms with Crippen LogP contribution in [0.4, 0.5) is 4.79 Å². The molecule has 2 aromatic carbocycles. The predicted octanol–water partition coefficient (Wildman–Crippen LogP) is 3.75. The van der Waals surface area contributed by atoms with Gasteiger partial charge in [-0.2, -0.15) is 0 Å². The Morgan fingerprint density at radius 1 is 1.00 bits per heavy atom. The number of rotatable bonds is 12. The fraction of sp³-hybridized carbons (Fsp3) is 0.448. The van der Waals surface area contributed by atoms with Crippen LogP contribution < -0.4 is 16.4 Å². The van der Waals surface area contributed by atoms with Crippen LogP contribution in [0.15, 0.2) is 54.6 Å². The Morgan fingerprint density at radius 2 is 1.63 bits per heavy atom. The number of carbonyl (C=O) groups excluding carboxylic acids is 4. The van der Waals surface area contributed by atoms with Crippen molar-refractivity contribution < 1.29 is 23.9 Å². The van der Waals surface area contributed by atoms with Crippen LogP contribution in [0.1, 0.15) is 69.7 Å². The van der Waals surface area contributed by atoms with Crippen LogP contribution in [0.2, 0.25) is 0 Å². The monoisotopic (exact) mass is 524 g/mol. The number of benzene rings is 2. The molecule has 4 N–H and O–H groups in total. The van der Waals surface area contributed by atoms with Gasteiger partial charge < -0.3 is 26.0 Å². The highest BCUT2D eigenvalue weighted by atomic mass is 16.6. The second-order valence-electron chi connectivity index (χ2n) is 10.3. The van der Waals surface area contributed by atoms with E-state index >= 15 is 0 Å². The van der Waals surface area contributed by atoms with Crippen molar-refractivity contribution in [1.82, 2.24) is 15.5 Å². The number of aryl methyl sites for hydroxylation is 1. The molecule has 9 heteroatoms. The summed E-state index contributed by atoms with van der Waals surface area (Å²) in [4.78, 5) is 53.1. The Labute approximate surface area is 225 Å². The van der Waals surface area contributed by atoms with Gasteiger partial charge in [-0.15, -0.1) is 0 Å². The van der Waals surface area contributed by atoms with Crippen LogP contribution in [-0.2, 0) is 25.7 Å². The van der Waals surface area contributed by atoms with Crippen molar-refractivity contribution in [2.24, 2.45) is 5.73 Å². The minimum atomic E-state index is -1.11. The largest absolute Gasteiger partial charge is 0.444 e. The number of hydrogen-bond acceptors (Lipinski definition) is 5. The number of amides is 4. The molecule has 0 aliphatic heterocycles. The van der Waals surface area contributed by atoms with E-state index < -0.39 is 35.6 Å². The van der Waals surface area contributed by atoms with E-state index in [1.807, 2.05) is 68.4 Å². The minimum Gasteiger partial charge on any atom is -0.444 e. The minimum absolute atomic E-state index is 0.0279. The Balaban J connectivity index is 2.41. The van der Waals surface area contributed by atoms with Gasteiger partial charge >= 0.3 is 6.09 Å². The summed E-state index contributed by atoms with van der Waals surface area (Å²) in [6.45, 7) is 9.50. The SMILES string of the molecule is CCCN(C(=O)C(CCC(N)=O)NC(=O)OC(C)(C)C)C(C(=O)NCc1ccccc1)c1ccc(C)cc1. The van der Waals surface area contributed by atoms with Gasteiger partial charge in [0, 0.05) is 19.5 Å².